The lowest BCUT2D eigenvalue weighted by Gasteiger charge is -2.15. The van der Waals surface area contributed by atoms with E-state index in [-0.39, 0.29) is 0 Å². The SMILES string of the molecule is Cc1cccc2c(C(O)c3ccccc3)cc(Br)nc12. The van der Waals surface area contributed by atoms with Crippen LogP contribution in [0.4, 0.5) is 0 Å². The number of aliphatic hydroxyl groups excluding tert-OH is 1. The lowest BCUT2D eigenvalue weighted by atomic mass is 9.97. The number of aryl methyl sites for hydroxylation is 1. The zero-order valence-electron chi connectivity index (χ0n) is 11.0. The predicted molar refractivity (Wildman–Crippen MR) is 84.7 cm³/mol. The van der Waals surface area contributed by atoms with Crippen LogP contribution in [0.2, 0.25) is 0 Å². The second-order valence-electron chi connectivity index (χ2n) is 4.82. The Morgan fingerprint density at radius 1 is 1.05 bits per heavy atom. The molecule has 1 aromatic heterocycles. The van der Waals surface area contributed by atoms with E-state index in [0.717, 1.165) is 32.2 Å². The Kier molecular flexibility index (Phi) is 3.55. The van der Waals surface area contributed by atoms with Gasteiger partial charge in [0.1, 0.15) is 10.7 Å². The second kappa shape index (κ2) is 5.35. The summed E-state index contributed by atoms with van der Waals surface area (Å²) >= 11 is 3.44. The number of aromatic nitrogens is 1. The molecule has 1 N–H and O–H groups in total. The van der Waals surface area contributed by atoms with Crippen LogP contribution in [0.15, 0.2) is 59.2 Å². The number of halogens is 1. The molecule has 3 aromatic rings. The van der Waals surface area contributed by atoms with Crippen molar-refractivity contribution >= 4 is 26.8 Å². The van der Waals surface area contributed by atoms with E-state index in [2.05, 4.69) is 20.9 Å². The molecule has 1 unspecified atom stereocenters. The third-order valence-corrected chi connectivity index (χ3v) is 3.86. The number of rotatable bonds is 2. The topological polar surface area (TPSA) is 33.1 Å². The molecule has 1 heterocycles. The molecule has 0 radical (unpaired) electrons. The highest BCUT2D eigenvalue weighted by atomic mass is 79.9. The normalized spacial score (nSPS) is 12.6. The second-order valence-corrected chi connectivity index (χ2v) is 5.63. The number of para-hydroxylation sites is 1. The minimum Gasteiger partial charge on any atom is -0.384 e. The van der Waals surface area contributed by atoms with Crippen LogP contribution in [0.25, 0.3) is 10.9 Å². The highest BCUT2D eigenvalue weighted by Crippen LogP contribution is 2.31. The highest BCUT2D eigenvalue weighted by molar-refractivity contribution is 9.10. The maximum Gasteiger partial charge on any atom is 0.107 e. The molecule has 0 saturated heterocycles. The molecule has 0 spiro atoms. The van der Waals surface area contributed by atoms with Crippen molar-refractivity contribution in [1.82, 2.24) is 4.98 Å². The van der Waals surface area contributed by atoms with Crippen molar-refractivity contribution in [3.8, 4) is 0 Å². The summed E-state index contributed by atoms with van der Waals surface area (Å²) in [6, 6.07) is 17.6. The van der Waals surface area contributed by atoms with E-state index < -0.39 is 6.10 Å². The van der Waals surface area contributed by atoms with Gasteiger partial charge in [-0.2, -0.15) is 0 Å². The zero-order chi connectivity index (χ0) is 14.1. The molecular formula is C17H14BrNO. The van der Waals surface area contributed by atoms with Gasteiger partial charge in [-0.1, -0.05) is 48.5 Å². The smallest absolute Gasteiger partial charge is 0.107 e. The van der Waals surface area contributed by atoms with Crippen LogP contribution in [-0.4, -0.2) is 10.1 Å². The largest absolute Gasteiger partial charge is 0.384 e. The fraction of sp³-hybridized carbons (Fsp3) is 0.118. The first-order valence-corrected chi connectivity index (χ1v) is 7.25. The molecule has 0 saturated carbocycles. The van der Waals surface area contributed by atoms with Crippen LogP contribution < -0.4 is 0 Å². The fourth-order valence-corrected chi connectivity index (χ4v) is 2.85. The number of benzene rings is 2. The lowest BCUT2D eigenvalue weighted by molar-refractivity contribution is 0.221. The number of aliphatic hydroxyl groups is 1. The van der Waals surface area contributed by atoms with Gasteiger partial charge in [-0.25, -0.2) is 4.98 Å². The van der Waals surface area contributed by atoms with Crippen molar-refractivity contribution in [2.75, 3.05) is 0 Å². The maximum atomic E-state index is 10.7. The van der Waals surface area contributed by atoms with Crippen LogP contribution >= 0.6 is 15.9 Å². The van der Waals surface area contributed by atoms with Gasteiger partial charge in [0.15, 0.2) is 0 Å². The van der Waals surface area contributed by atoms with Crippen molar-refractivity contribution in [3.05, 3.63) is 75.9 Å². The molecule has 2 nitrogen and oxygen atoms in total. The number of nitrogens with zero attached hydrogens (tertiary/aromatic N) is 1. The summed E-state index contributed by atoms with van der Waals surface area (Å²) in [5.74, 6) is 0. The van der Waals surface area contributed by atoms with E-state index in [4.69, 9.17) is 0 Å². The predicted octanol–water partition coefficient (Wildman–Crippen LogP) is 4.39. The van der Waals surface area contributed by atoms with Crippen molar-refractivity contribution in [2.45, 2.75) is 13.0 Å². The van der Waals surface area contributed by atoms with Crippen molar-refractivity contribution in [1.29, 1.82) is 0 Å². The minimum absolute atomic E-state index is 0.653. The first-order chi connectivity index (χ1) is 9.66. The Labute approximate surface area is 126 Å². The summed E-state index contributed by atoms with van der Waals surface area (Å²) in [7, 11) is 0. The lowest BCUT2D eigenvalue weighted by Crippen LogP contribution is -2.02. The van der Waals surface area contributed by atoms with Gasteiger partial charge in [-0.15, -0.1) is 0 Å². The average molecular weight is 328 g/mol. The van der Waals surface area contributed by atoms with Gasteiger partial charge >= 0.3 is 0 Å². The first kappa shape index (κ1) is 13.3. The van der Waals surface area contributed by atoms with Crippen molar-refractivity contribution in [3.63, 3.8) is 0 Å². The zero-order valence-corrected chi connectivity index (χ0v) is 12.6. The quantitative estimate of drug-likeness (QED) is 0.708. The van der Waals surface area contributed by atoms with Crippen LogP contribution in [-0.2, 0) is 0 Å². The Morgan fingerprint density at radius 3 is 2.55 bits per heavy atom. The van der Waals surface area contributed by atoms with Crippen molar-refractivity contribution in [2.24, 2.45) is 0 Å². The average Bonchev–Trinajstić information content (AvgIpc) is 2.48. The number of fused-ring (bicyclic) bond motifs is 1. The van der Waals surface area contributed by atoms with Crippen molar-refractivity contribution < 1.29 is 5.11 Å². The Morgan fingerprint density at radius 2 is 1.80 bits per heavy atom. The highest BCUT2D eigenvalue weighted by Gasteiger charge is 2.15. The molecule has 20 heavy (non-hydrogen) atoms. The third-order valence-electron chi connectivity index (χ3n) is 3.45. The monoisotopic (exact) mass is 327 g/mol. The van der Waals surface area contributed by atoms with E-state index in [1.807, 2.05) is 61.5 Å². The van der Waals surface area contributed by atoms with E-state index in [1.54, 1.807) is 0 Å². The summed E-state index contributed by atoms with van der Waals surface area (Å²) in [4.78, 5) is 4.52. The standard InChI is InChI=1S/C17H14BrNO/c1-11-6-5-9-13-14(10-15(18)19-16(11)13)17(20)12-7-3-2-4-8-12/h2-10,17,20H,1H3. The molecule has 0 bridgehead atoms. The molecule has 1 atom stereocenters. The summed E-state index contributed by atoms with van der Waals surface area (Å²) < 4.78 is 0.740. The van der Waals surface area contributed by atoms with Gasteiger partial charge in [0.2, 0.25) is 0 Å². The number of pyridine rings is 1. The molecule has 3 heteroatoms. The number of hydrogen-bond acceptors (Lipinski definition) is 2. The summed E-state index contributed by atoms with van der Waals surface area (Å²) in [6.45, 7) is 2.03. The fourth-order valence-electron chi connectivity index (χ4n) is 2.43. The molecule has 0 aliphatic carbocycles. The van der Waals surface area contributed by atoms with Gasteiger partial charge < -0.3 is 5.11 Å². The van der Waals surface area contributed by atoms with Gasteiger partial charge in [0, 0.05) is 5.39 Å². The van der Waals surface area contributed by atoms with Gasteiger partial charge in [-0.05, 0) is 45.6 Å². The van der Waals surface area contributed by atoms with Crippen LogP contribution in [0.5, 0.6) is 0 Å². The summed E-state index contributed by atoms with van der Waals surface area (Å²) in [5, 5.41) is 11.6. The Balaban J connectivity index is 2.23. The van der Waals surface area contributed by atoms with Crippen LogP contribution in [0, 0.1) is 6.92 Å². The molecular weight excluding hydrogens is 314 g/mol. The molecule has 2 aromatic carbocycles. The third kappa shape index (κ3) is 2.35. The van der Waals surface area contributed by atoms with E-state index >= 15 is 0 Å². The Hall–Kier alpha value is -1.71. The Bertz CT molecular complexity index is 756. The van der Waals surface area contributed by atoms with E-state index in [0.29, 0.717) is 0 Å². The van der Waals surface area contributed by atoms with Crippen LogP contribution in [0.1, 0.15) is 22.8 Å². The molecule has 0 amide bonds. The molecule has 100 valence electrons. The van der Waals surface area contributed by atoms with Gasteiger partial charge in [0.25, 0.3) is 0 Å². The van der Waals surface area contributed by atoms with E-state index in [9.17, 15) is 5.11 Å². The molecule has 0 aliphatic rings. The first-order valence-electron chi connectivity index (χ1n) is 6.45. The maximum absolute atomic E-state index is 10.7. The molecule has 0 aliphatic heterocycles. The van der Waals surface area contributed by atoms with E-state index in [1.165, 1.54) is 0 Å². The minimum atomic E-state index is -0.653. The molecule has 3 rings (SSSR count). The van der Waals surface area contributed by atoms with Crippen LogP contribution in [0.3, 0.4) is 0 Å². The van der Waals surface area contributed by atoms with Gasteiger partial charge in [-0.3, -0.25) is 0 Å². The number of hydrogen-bond donors (Lipinski definition) is 1. The van der Waals surface area contributed by atoms with Gasteiger partial charge in [0.05, 0.1) is 5.52 Å². The summed E-state index contributed by atoms with van der Waals surface area (Å²) in [5.41, 5.74) is 3.78. The molecule has 0 fully saturated rings. The summed E-state index contributed by atoms with van der Waals surface area (Å²) in [6.07, 6.45) is -0.653.